The molecule has 0 spiro atoms. The van der Waals surface area contributed by atoms with Crippen LogP contribution < -0.4 is 14.8 Å². The highest BCUT2D eigenvalue weighted by Crippen LogP contribution is 2.14. The van der Waals surface area contributed by atoms with Gasteiger partial charge in [-0.15, -0.1) is 0 Å². The molecular weight excluding hydrogens is 358 g/mol. The molecule has 0 aliphatic heterocycles. The second kappa shape index (κ2) is 11.0. The van der Waals surface area contributed by atoms with Gasteiger partial charge in [0.05, 0.1) is 19.3 Å². The first kappa shape index (κ1) is 21.3. The number of amides is 1. The minimum Gasteiger partial charge on any atom is -0.497 e. The van der Waals surface area contributed by atoms with Gasteiger partial charge in [0.1, 0.15) is 11.5 Å². The second-order valence-electron chi connectivity index (χ2n) is 6.31. The van der Waals surface area contributed by atoms with Crippen molar-refractivity contribution >= 4 is 11.9 Å². The van der Waals surface area contributed by atoms with Crippen molar-refractivity contribution in [1.82, 2.24) is 5.32 Å². The van der Waals surface area contributed by atoms with Crippen LogP contribution in [0.3, 0.4) is 0 Å². The molecule has 2 aromatic carbocycles. The smallest absolute Gasteiger partial charge is 0.338 e. The predicted molar refractivity (Wildman–Crippen MR) is 107 cm³/mol. The molecule has 0 unspecified atom stereocenters. The number of methoxy groups -OCH3 is 1. The van der Waals surface area contributed by atoms with Gasteiger partial charge in [-0.1, -0.05) is 19.1 Å². The summed E-state index contributed by atoms with van der Waals surface area (Å²) in [5, 5.41) is 2.78. The summed E-state index contributed by atoms with van der Waals surface area (Å²) >= 11 is 0. The third kappa shape index (κ3) is 6.61. The average Bonchev–Trinajstić information content (AvgIpc) is 2.72. The van der Waals surface area contributed by atoms with E-state index in [0.717, 1.165) is 17.7 Å². The molecular formula is C22H27NO5. The van der Waals surface area contributed by atoms with Crippen molar-refractivity contribution in [2.24, 2.45) is 0 Å². The monoisotopic (exact) mass is 385 g/mol. The van der Waals surface area contributed by atoms with Gasteiger partial charge in [-0.2, -0.15) is 0 Å². The van der Waals surface area contributed by atoms with Crippen LogP contribution >= 0.6 is 0 Å². The highest BCUT2D eigenvalue weighted by molar-refractivity contribution is 5.92. The molecule has 1 N–H and O–H groups in total. The number of nitrogens with one attached hydrogen (secondary N) is 1. The lowest BCUT2D eigenvalue weighted by Gasteiger charge is -2.14. The Kier molecular flexibility index (Phi) is 8.34. The third-order valence-corrected chi connectivity index (χ3v) is 4.09. The van der Waals surface area contributed by atoms with Gasteiger partial charge in [0.2, 0.25) is 0 Å². The molecule has 28 heavy (non-hydrogen) atoms. The molecule has 0 aliphatic carbocycles. The van der Waals surface area contributed by atoms with E-state index in [4.69, 9.17) is 14.2 Å². The molecule has 0 saturated heterocycles. The molecule has 1 atom stereocenters. The minimum absolute atomic E-state index is 0.329. The van der Waals surface area contributed by atoms with E-state index in [0.29, 0.717) is 30.9 Å². The number of benzene rings is 2. The van der Waals surface area contributed by atoms with Crippen molar-refractivity contribution in [3.63, 3.8) is 0 Å². The lowest BCUT2D eigenvalue weighted by atomic mass is 10.1. The molecule has 0 aromatic heterocycles. The minimum atomic E-state index is -0.876. The fraction of sp³-hybridized carbons (Fsp3) is 0.364. The second-order valence-corrected chi connectivity index (χ2v) is 6.31. The highest BCUT2D eigenvalue weighted by atomic mass is 16.5. The van der Waals surface area contributed by atoms with Crippen LogP contribution in [0.1, 0.15) is 36.2 Å². The van der Waals surface area contributed by atoms with E-state index in [2.05, 4.69) is 5.32 Å². The first-order valence-corrected chi connectivity index (χ1v) is 9.38. The van der Waals surface area contributed by atoms with E-state index < -0.39 is 12.1 Å². The van der Waals surface area contributed by atoms with E-state index >= 15 is 0 Å². The molecule has 0 fully saturated rings. The lowest BCUT2D eigenvalue weighted by molar-refractivity contribution is -0.129. The number of carbonyl (C=O) groups excluding carboxylic acids is 2. The van der Waals surface area contributed by atoms with Crippen LogP contribution in [0.25, 0.3) is 0 Å². The number of carbonyl (C=O) groups is 2. The first-order valence-electron chi connectivity index (χ1n) is 9.38. The van der Waals surface area contributed by atoms with Crippen molar-refractivity contribution in [1.29, 1.82) is 0 Å². The molecule has 0 radical (unpaired) electrons. The average molecular weight is 385 g/mol. The Morgan fingerprint density at radius 2 is 1.64 bits per heavy atom. The molecule has 2 aromatic rings. The van der Waals surface area contributed by atoms with Crippen LogP contribution in [0.2, 0.25) is 0 Å². The highest BCUT2D eigenvalue weighted by Gasteiger charge is 2.18. The molecule has 6 nitrogen and oxygen atoms in total. The largest absolute Gasteiger partial charge is 0.497 e. The van der Waals surface area contributed by atoms with Crippen molar-refractivity contribution < 1.29 is 23.8 Å². The van der Waals surface area contributed by atoms with Crippen LogP contribution in [0.15, 0.2) is 48.5 Å². The fourth-order valence-electron chi connectivity index (χ4n) is 2.46. The molecule has 0 bridgehead atoms. The van der Waals surface area contributed by atoms with Crippen molar-refractivity contribution in [2.75, 3.05) is 20.3 Å². The number of ether oxygens (including phenoxy) is 3. The van der Waals surface area contributed by atoms with Crippen molar-refractivity contribution in [3.05, 3.63) is 59.7 Å². The number of esters is 1. The Labute approximate surface area is 165 Å². The number of rotatable bonds is 10. The first-order chi connectivity index (χ1) is 13.5. The van der Waals surface area contributed by atoms with Crippen LogP contribution in [-0.2, 0) is 16.0 Å². The van der Waals surface area contributed by atoms with E-state index in [9.17, 15) is 9.59 Å². The van der Waals surface area contributed by atoms with Gasteiger partial charge in [-0.25, -0.2) is 4.79 Å². The zero-order chi connectivity index (χ0) is 20.4. The van der Waals surface area contributed by atoms with Gasteiger partial charge in [0, 0.05) is 6.54 Å². The van der Waals surface area contributed by atoms with Gasteiger partial charge < -0.3 is 19.5 Å². The maximum atomic E-state index is 12.2. The van der Waals surface area contributed by atoms with E-state index in [1.165, 1.54) is 0 Å². The Balaban J connectivity index is 1.76. The Morgan fingerprint density at radius 1 is 1.00 bits per heavy atom. The standard InChI is InChI=1S/C22H27NO5/c1-4-15-27-20-11-7-18(8-12-20)22(25)28-16(2)21(24)23-14-13-17-5-9-19(26-3)10-6-17/h5-12,16H,4,13-15H2,1-3H3,(H,23,24)/t16-/m0/s1. The van der Waals surface area contributed by atoms with Crippen molar-refractivity contribution in [3.8, 4) is 11.5 Å². The number of hydrogen-bond donors (Lipinski definition) is 1. The van der Waals surface area contributed by atoms with Gasteiger partial charge in [0.25, 0.3) is 5.91 Å². The van der Waals surface area contributed by atoms with Crippen LogP contribution in [0.4, 0.5) is 0 Å². The van der Waals surface area contributed by atoms with Crippen LogP contribution in [-0.4, -0.2) is 38.2 Å². The summed E-state index contributed by atoms with van der Waals surface area (Å²) in [6, 6.07) is 14.3. The predicted octanol–water partition coefficient (Wildman–Crippen LogP) is 3.39. The van der Waals surface area contributed by atoms with Crippen LogP contribution in [0, 0.1) is 0 Å². The molecule has 6 heteroatoms. The summed E-state index contributed by atoms with van der Waals surface area (Å²) in [5.74, 6) is 0.616. The van der Waals surface area contributed by atoms with Gasteiger partial charge in [-0.05, 0) is 61.7 Å². The molecule has 1 amide bonds. The fourth-order valence-corrected chi connectivity index (χ4v) is 2.46. The normalized spacial score (nSPS) is 11.4. The molecule has 150 valence electrons. The maximum Gasteiger partial charge on any atom is 0.338 e. The Bertz CT molecular complexity index is 756. The van der Waals surface area contributed by atoms with Crippen LogP contribution in [0.5, 0.6) is 11.5 Å². The Morgan fingerprint density at radius 3 is 2.25 bits per heavy atom. The Hall–Kier alpha value is -3.02. The van der Waals surface area contributed by atoms with E-state index in [1.54, 1.807) is 38.3 Å². The summed E-state index contributed by atoms with van der Waals surface area (Å²) in [5.41, 5.74) is 1.46. The lowest BCUT2D eigenvalue weighted by Crippen LogP contribution is -2.36. The molecule has 0 heterocycles. The van der Waals surface area contributed by atoms with Gasteiger partial charge in [0.15, 0.2) is 6.10 Å². The summed E-state index contributed by atoms with van der Waals surface area (Å²) < 4.78 is 15.8. The van der Waals surface area contributed by atoms with Gasteiger partial charge in [-0.3, -0.25) is 4.79 Å². The van der Waals surface area contributed by atoms with Gasteiger partial charge >= 0.3 is 5.97 Å². The zero-order valence-electron chi connectivity index (χ0n) is 16.6. The quantitative estimate of drug-likeness (QED) is 0.635. The molecule has 0 saturated carbocycles. The van der Waals surface area contributed by atoms with E-state index in [-0.39, 0.29) is 5.91 Å². The third-order valence-electron chi connectivity index (χ3n) is 4.09. The summed E-state index contributed by atoms with van der Waals surface area (Å²) in [4.78, 5) is 24.3. The summed E-state index contributed by atoms with van der Waals surface area (Å²) in [6.45, 7) is 4.66. The number of hydrogen-bond acceptors (Lipinski definition) is 5. The van der Waals surface area contributed by atoms with Crippen molar-refractivity contribution in [2.45, 2.75) is 32.8 Å². The topological polar surface area (TPSA) is 73.9 Å². The summed E-state index contributed by atoms with van der Waals surface area (Å²) in [7, 11) is 1.62. The summed E-state index contributed by atoms with van der Waals surface area (Å²) in [6.07, 6.45) is 0.712. The molecule has 0 aliphatic rings. The molecule has 2 rings (SSSR count). The SMILES string of the molecule is CCCOc1ccc(C(=O)O[C@@H](C)C(=O)NCCc2ccc(OC)cc2)cc1. The zero-order valence-corrected chi connectivity index (χ0v) is 16.6. The maximum absolute atomic E-state index is 12.2. The van der Waals surface area contributed by atoms with E-state index in [1.807, 2.05) is 31.2 Å².